The fourth-order valence-corrected chi connectivity index (χ4v) is 8.71. The van der Waals surface area contributed by atoms with Gasteiger partial charge in [0.2, 0.25) is 5.91 Å². The molecule has 1 aliphatic heterocycles. The van der Waals surface area contributed by atoms with Gasteiger partial charge in [0, 0.05) is 6.42 Å². The van der Waals surface area contributed by atoms with Gasteiger partial charge in [0.15, 0.2) is 12.4 Å². The lowest BCUT2D eigenvalue weighted by atomic mass is 9.99. The molecule has 0 aliphatic carbocycles. The monoisotopic (exact) mass is 1100 g/mol. The summed E-state index contributed by atoms with van der Waals surface area (Å²) in [5.74, 6) is -1.28. The molecule has 1 saturated heterocycles. The van der Waals surface area contributed by atoms with Gasteiger partial charge in [0.05, 0.1) is 25.4 Å². The maximum Gasteiger partial charge on any atom is 0.306 e. The summed E-state index contributed by atoms with van der Waals surface area (Å²) in [5, 5.41) is 56.9. The maximum absolute atomic E-state index is 13.4. The second-order valence-corrected chi connectivity index (χ2v) is 20.7. The summed E-state index contributed by atoms with van der Waals surface area (Å²) < 4.78 is 17.5. The van der Waals surface area contributed by atoms with Crippen LogP contribution in [0.4, 0.5) is 0 Å². The van der Waals surface area contributed by atoms with Crippen LogP contribution in [0.1, 0.15) is 220 Å². The van der Waals surface area contributed by atoms with Gasteiger partial charge in [-0.3, -0.25) is 9.59 Å². The van der Waals surface area contributed by atoms with Crippen LogP contribution in [-0.4, -0.2) is 99.6 Å². The molecule has 11 nitrogen and oxygen atoms in total. The van der Waals surface area contributed by atoms with Crippen LogP contribution in [0.15, 0.2) is 134 Å². The Balaban J connectivity index is 2.70. The highest BCUT2D eigenvalue weighted by atomic mass is 16.7. The molecule has 8 unspecified atom stereocenters. The van der Waals surface area contributed by atoms with E-state index in [0.717, 1.165) is 128 Å². The second-order valence-electron chi connectivity index (χ2n) is 20.7. The number of ether oxygens (including phenoxy) is 3. The van der Waals surface area contributed by atoms with Gasteiger partial charge in [0.1, 0.15) is 24.4 Å². The third-order valence-electron chi connectivity index (χ3n) is 13.5. The van der Waals surface area contributed by atoms with Crippen LogP contribution < -0.4 is 5.32 Å². The minimum atomic E-state index is -1.65. The summed E-state index contributed by atoms with van der Waals surface area (Å²) in [4.78, 5) is 26.5. The molecule has 11 heteroatoms. The van der Waals surface area contributed by atoms with E-state index < -0.39 is 67.4 Å². The van der Waals surface area contributed by atoms with E-state index in [-0.39, 0.29) is 19.4 Å². The van der Waals surface area contributed by atoms with Gasteiger partial charge in [-0.2, -0.15) is 0 Å². The Labute approximate surface area is 480 Å². The lowest BCUT2D eigenvalue weighted by Crippen LogP contribution is -2.61. The summed E-state index contributed by atoms with van der Waals surface area (Å²) >= 11 is 0. The number of unbranched alkanes of at least 4 members (excludes halogenated alkanes) is 16. The Morgan fingerprint density at radius 3 is 1.37 bits per heavy atom. The van der Waals surface area contributed by atoms with Gasteiger partial charge in [-0.15, -0.1) is 0 Å². The number of carbonyl (C=O) groups excluding carboxylic acids is 2. The minimum absolute atomic E-state index is 0.0363. The van der Waals surface area contributed by atoms with Gasteiger partial charge >= 0.3 is 5.97 Å². The van der Waals surface area contributed by atoms with Crippen molar-refractivity contribution in [3.63, 3.8) is 0 Å². The molecule has 1 aliphatic rings. The van der Waals surface area contributed by atoms with E-state index in [0.29, 0.717) is 19.3 Å². The molecule has 0 saturated carbocycles. The van der Waals surface area contributed by atoms with Crippen LogP contribution in [0.5, 0.6) is 0 Å². The molecule has 0 aromatic rings. The lowest BCUT2D eigenvalue weighted by molar-refractivity contribution is -0.305. The van der Waals surface area contributed by atoms with Crippen molar-refractivity contribution < 1.29 is 49.3 Å². The van der Waals surface area contributed by atoms with Crippen LogP contribution in [0.25, 0.3) is 0 Å². The number of hydrogen-bond donors (Lipinski definition) is 6. The van der Waals surface area contributed by atoms with Crippen molar-refractivity contribution >= 4 is 11.9 Å². The van der Waals surface area contributed by atoms with E-state index >= 15 is 0 Å². The number of amides is 1. The molecule has 8 atom stereocenters. The smallest absolute Gasteiger partial charge is 0.306 e. The molecule has 0 radical (unpaired) electrons. The molecule has 6 N–H and O–H groups in total. The first-order valence-corrected chi connectivity index (χ1v) is 31.0. The predicted molar refractivity (Wildman–Crippen MR) is 328 cm³/mol. The SMILES string of the molecule is CC/C=C\C/C=C\C/C=C\C/C=C\C/C=C\CCCCCCCCC(O)C(=O)NC(COC1OC(CO)C(O)C(O)C1OC(=O)CCC/C=C\C/C=C\C/C=C\C/C=C\C/C=C\CC)C(O)/C=C/CCCCCCCCCCC. The molecule has 0 bridgehead atoms. The van der Waals surface area contributed by atoms with Crippen molar-refractivity contribution in [1.29, 1.82) is 0 Å². The highest BCUT2D eigenvalue weighted by molar-refractivity contribution is 5.80. The van der Waals surface area contributed by atoms with E-state index in [9.17, 15) is 35.1 Å². The molecule has 1 fully saturated rings. The zero-order valence-corrected chi connectivity index (χ0v) is 49.4. The summed E-state index contributed by atoms with van der Waals surface area (Å²) in [6.07, 6.45) is 66.4. The van der Waals surface area contributed by atoms with Gasteiger partial charge in [-0.05, 0) is 109 Å². The number of carbonyl (C=O) groups is 2. The average Bonchev–Trinajstić information content (AvgIpc) is 3.45. The van der Waals surface area contributed by atoms with Gasteiger partial charge in [-0.25, -0.2) is 0 Å². The number of nitrogens with one attached hydrogen (secondary N) is 1. The minimum Gasteiger partial charge on any atom is -0.454 e. The van der Waals surface area contributed by atoms with Crippen molar-refractivity contribution in [2.24, 2.45) is 0 Å². The van der Waals surface area contributed by atoms with E-state index in [1.807, 2.05) is 18.2 Å². The van der Waals surface area contributed by atoms with Crippen LogP contribution in [-0.2, 0) is 23.8 Å². The number of hydrogen-bond acceptors (Lipinski definition) is 10. The second kappa shape index (κ2) is 54.4. The molecule has 1 rings (SSSR count). The fraction of sp³-hybridized carbons (Fsp3) is 0.647. The van der Waals surface area contributed by atoms with Crippen molar-refractivity contribution in [2.75, 3.05) is 13.2 Å². The van der Waals surface area contributed by atoms with Crippen LogP contribution in [0.2, 0.25) is 0 Å². The van der Waals surface area contributed by atoms with E-state index in [2.05, 4.69) is 135 Å². The standard InChI is InChI=1S/C68H111NO10/c1-4-7-10-13-16-19-22-24-26-28-29-30-31-32-34-35-37-40-43-46-49-52-55-61(72)67(76)69-59(60(71)54-51-48-45-42-39-21-18-15-12-9-6-3)58-77-68-66(65(75)64(74)62(57-70)78-68)79-63(73)56-53-50-47-44-41-38-36-33-27-25-23-20-17-14-11-8-5-2/h7-8,10-11,16-17,19-20,24-27,29-30,32,34,36,38,44,47,51,54,59-62,64-66,68,70-72,74-75H,4-6,9,12-15,18,21-23,28,31,33,35,37,39-43,45-46,48-50,52-53,55-58H2,1-3H3,(H,69,76)/b10-7-,11-8-,19-16-,20-17-,26-24-,27-25-,30-29-,34-32-,38-36-,47-44-,54-51+. The summed E-state index contributed by atoms with van der Waals surface area (Å²) in [6.45, 7) is 5.50. The third kappa shape index (κ3) is 42.3. The van der Waals surface area contributed by atoms with Crippen molar-refractivity contribution in [2.45, 2.75) is 269 Å². The fourth-order valence-electron chi connectivity index (χ4n) is 8.71. The molecule has 448 valence electrons. The first-order valence-electron chi connectivity index (χ1n) is 31.0. The Morgan fingerprint density at radius 1 is 0.506 bits per heavy atom. The Morgan fingerprint density at radius 2 is 0.911 bits per heavy atom. The zero-order valence-electron chi connectivity index (χ0n) is 49.4. The number of allylic oxidation sites excluding steroid dienone is 21. The Bertz CT molecular complexity index is 1790. The van der Waals surface area contributed by atoms with E-state index in [1.165, 1.54) is 38.5 Å². The number of aliphatic hydroxyl groups is 5. The van der Waals surface area contributed by atoms with E-state index in [4.69, 9.17) is 14.2 Å². The van der Waals surface area contributed by atoms with E-state index in [1.54, 1.807) is 6.08 Å². The average molecular weight is 1100 g/mol. The molecule has 0 aromatic heterocycles. The molecule has 79 heavy (non-hydrogen) atoms. The molecule has 0 spiro atoms. The zero-order chi connectivity index (χ0) is 57.5. The Kier molecular flexibility index (Phi) is 50.1. The van der Waals surface area contributed by atoms with Crippen molar-refractivity contribution in [3.05, 3.63) is 134 Å². The molecule has 0 aromatic carbocycles. The number of aliphatic hydroxyl groups excluding tert-OH is 5. The largest absolute Gasteiger partial charge is 0.454 e. The summed E-state index contributed by atoms with van der Waals surface area (Å²) in [7, 11) is 0. The Hall–Kier alpha value is -4.20. The highest BCUT2D eigenvalue weighted by Gasteiger charge is 2.47. The van der Waals surface area contributed by atoms with Crippen LogP contribution >= 0.6 is 0 Å². The molecule has 1 heterocycles. The van der Waals surface area contributed by atoms with Crippen LogP contribution in [0.3, 0.4) is 0 Å². The normalized spacial score (nSPS) is 19.8. The molecular formula is C68H111NO10. The molecular weight excluding hydrogens is 991 g/mol. The van der Waals surface area contributed by atoms with Gasteiger partial charge < -0.3 is 45.1 Å². The first kappa shape index (κ1) is 72.8. The van der Waals surface area contributed by atoms with Gasteiger partial charge in [0.25, 0.3) is 0 Å². The number of rotatable bonds is 50. The lowest BCUT2D eigenvalue weighted by Gasteiger charge is -2.41. The predicted octanol–water partition coefficient (Wildman–Crippen LogP) is 14.8. The molecule has 1 amide bonds. The first-order chi connectivity index (χ1) is 38.7. The summed E-state index contributed by atoms with van der Waals surface area (Å²) in [6, 6.07) is -1.05. The number of esters is 1. The van der Waals surface area contributed by atoms with Gasteiger partial charge in [-0.1, -0.05) is 238 Å². The highest BCUT2D eigenvalue weighted by Crippen LogP contribution is 2.26. The topological polar surface area (TPSA) is 175 Å². The van der Waals surface area contributed by atoms with Crippen molar-refractivity contribution in [1.82, 2.24) is 5.32 Å². The summed E-state index contributed by atoms with van der Waals surface area (Å²) in [5.41, 5.74) is 0. The van der Waals surface area contributed by atoms with Crippen LogP contribution in [0, 0.1) is 0 Å². The quantitative estimate of drug-likeness (QED) is 0.0195. The maximum atomic E-state index is 13.4. The van der Waals surface area contributed by atoms with Crippen molar-refractivity contribution in [3.8, 4) is 0 Å². The third-order valence-corrected chi connectivity index (χ3v) is 13.5.